The van der Waals surface area contributed by atoms with E-state index in [-0.39, 0.29) is 24.9 Å². The van der Waals surface area contributed by atoms with Crippen LogP contribution in [-0.4, -0.2) is 17.1 Å². The maximum Gasteiger partial charge on any atom is 0.304 e. The Hall–Kier alpha value is -0.280. The van der Waals surface area contributed by atoms with Crippen LogP contribution < -0.4 is 5.73 Å². The van der Waals surface area contributed by atoms with Gasteiger partial charge in [-0.25, -0.2) is 0 Å². The molecule has 0 heterocycles. The Morgan fingerprint density at radius 3 is 2.55 bits per heavy atom. The third-order valence-corrected chi connectivity index (χ3v) is 1.37. The number of hydrogen-bond acceptors (Lipinski definition) is 2. The first kappa shape index (κ1) is 13.3. The van der Waals surface area contributed by atoms with Gasteiger partial charge < -0.3 is 10.8 Å². The van der Waals surface area contributed by atoms with Crippen molar-refractivity contribution in [2.45, 2.75) is 38.6 Å². The normalized spacial score (nSPS) is 11.8. The fraction of sp³-hybridized carbons (Fsp3) is 0.857. The van der Waals surface area contributed by atoms with Gasteiger partial charge >= 0.3 is 5.97 Å². The van der Waals surface area contributed by atoms with Crippen molar-refractivity contribution in [1.82, 2.24) is 0 Å². The second-order valence-corrected chi connectivity index (χ2v) is 2.50. The van der Waals surface area contributed by atoms with Gasteiger partial charge in [0.2, 0.25) is 0 Å². The summed E-state index contributed by atoms with van der Waals surface area (Å²) in [6, 6.07) is -0.155. The molecule has 3 nitrogen and oxygen atoms in total. The van der Waals surface area contributed by atoms with Crippen LogP contribution in [0.1, 0.15) is 32.6 Å². The van der Waals surface area contributed by atoms with Crippen LogP contribution in [0.2, 0.25) is 0 Å². The molecule has 0 aromatic heterocycles. The van der Waals surface area contributed by atoms with Crippen molar-refractivity contribution >= 4 is 18.4 Å². The van der Waals surface area contributed by atoms with Gasteiger partial charge in [-0.3, -0.25) is 4.79 Å². The minimum Gasteiger partial charge on any atom is -0.481 e. The lowest BCUT2D eigenvalue weighted by Crippen LogP contribution is -2.23. The zero-order valence-electron chi connectivity index (χ0n) is 6.75. The Bertz CT molecular complexity index is 109. The summed E-state index contributed by atoms with van der Waals surface area (Å²) >= 11 is 0. The van der Waals surface area contributed by atoms with E-state index in [2.05, 4.69) is 6.92 Å². The van der Waals surface area contributed by atoms with Crippen molar-refractivity contribution in [3.05, 3.63) is 0 Å². The highest BCUT2D eigenvalue weighted by Gasteiger charge is 2.05. The highest BCUT2D eigenvalue weighted by atomic mass is 35.5. The van der Waals surface area contributed by atoms with Crippen molar-refractivity contribution in [1.29, 1.82) is 0 Å². The maximum absolute atomic E-state index is 10.1. The molecule has 0 rings (SSSR count). The first-order valence-electron chi connectivity index (χ1n) is 3.64. The van der Waals surface area contributed by atoms with Gasteiger partial charge in [0.05, 0.1) is 6.42 Å². The second kappa shape index (κ2) is 7.82. The van der Waals surface area contributed by atoms with Crippen LogP contribution in [0.15, 0.2) is 0 Å². The summed E-state index contributed by atoms with van der Waals surface area (Å²) in [5.74, 6) is -0.802. The monoisotopic (exact) mass is 181 g/mol. The molecule has 0 spiro atoms. The largest absolute Gasteiger partial charge is 0.481 e. The summed E-state index contributed by atoms with van der Waals surface area (Å²) in [6.45, 7) is 2.06. The number of carbonyl (C=O) groups is 1. The van der Waals surface area contributed by atoms with Crippen molar-refractivity contribution in [3.63, 3.8) is 0 Å². The number of nitrogens with two attached hydrogens (primary N) is 1. The van der Waals surface area contributed by atoms with Gasteiger partial charge in [-0.15, -0.1) is 12.4 Å². The SMILES string of the molecule is CCCC[C@@H](N)CC(=O)O.Cl. The molecule has 0 aromatic rings. The van der Waals surface area contributed by atoms with Crippen LogP contribution in [0.25, 0.3) is 0 Å². The van der Waals surface area contributed by atoms with E-state index >= 15 is 0 Å². The number of carboxylic acids is 1. The molecule has 3 N–H and O–H groups in total. The van der Waals surface area contributed by atoms with E-state index in [0.717, 1.165) is 19.3 Å². The predicted octanol–water partition coefficient (Wildman–Crippen LogP) is 1.40. The lowest BCUT2D eigenvalue weighted by atomic mass is 10.1. The van der Waals surface area contributed by atoms with E-state index < -0.39 is 5.97 Å². The van der Waals surface area contributed by atoms with Crippen molar-refractivity contribution in [3.8, 4) is 0 Å². The van der Waals surface area contributed by atoms with E-state index in [0.29, 0.717) is 0 Å². The molecule has 11 heavy (non-hydrogen) atoms. The molecule has 1 atom stereocenters. The fourth-order valence-electron chi connectivity index (χ4n) is 0.793. The van der Waals surface area contributed by atoms with Crippen molar-refractivity contribution in [2.24, 2.45) is 5.73 Å². The summed E-state index contributed by atoms with van der Waals surface area (Å²) in [4.78, 5) is 10.1. The van der Waals surface area contributed by atoms with Crippen LogP contribution in [-0.2, 0) is 4.79 Å². The van der Waals surface area contributed by atoms with Gasteiger partial charge in [0, 0.05) is 6.04 Å². The van der Waals surface area contributed by atoms with Gasteiger partial charge in [0.15, 0.2) is 0 Å². The molecular formula is C7H16ClNO2. The lowest BCUT2D eigenvalue weighted by Gasteiger charge is -2.05. The molecule has 0 saturated heterocycles. The molecule has 0 bridgehead atoms. The zero-order chi connectivity index (χ0) is 7.98. The van der Waals surface area contributed by atoms with Crippen LogP contribution >= 0.6 is 12.4 Å². The van der Waals surface area contributed by atoms with Crippen LogP contribution in [0.3, 0.4) is 0 Å². The minimum absolute atomic E-state index is 0. The predicted molar refractivity (Wildman–Crippen MR) is 47.0 cm³/mol. The standard InChI is InChI=1S/C7H15NO2.ClH/c1-2-3-4-6(8)5-7(9)10;/h6H,2-5,8H2,1H3,(H,9,10);1H/t6-;/m1./s1. The Morgan fingerprint density at radius 1 is 1.64 bits per heavy atom. The first-order chi connectivity index (χ1) is 4.66. The lowest BCUT2D eigenvalue weighted by molar-refractivity contribution is -0.137. The first-order valence-corrected chi connectivity index (χ1v) is 3.64. The molecule has 0 aliphatic rings. The Balaban J connectivity index is 0. The molecular weight excluding hydrogens is 166 g/mol. The number of carboxylic acid groups (broad SMARTS) is 1. The fourth-order valence-corrected chi connectivity index (χ4v) is 0.793. The molecule has 4 heteroatoms. The highest BCUT2D eigenvalue weighted by Crippen LogP contribution is 2.00. The average molecular weight is 182 g/mol. The van der Waals surface area contributed by atoms with E-state index in [1.165, 1.54) is 0 Å². The number of halogens is 1. The minimum atomic E-state index is -0.802. The topological polar surface area (TPSA) is 63.3 Å². The summed E-state index contributed by atoms with van der Waals surface area (Å²) < 4.78 is 0. The third kappa shape index (κ3) is 9.72. The van der Waals surface area contributed by atoms with Crippen molar-refractivity contribution in [2.75, 3.05) is 0 Å². The van der Waals surface area contributed by atoms with Gasteiger partial charge in [-0.1, -0.05) is 19.8 Å². The van der Waals surface area contributed by atoms with Crippen LogP contribution in [0.4, 0.5) is 0 Å². The highest BCUT2D eigenvalue weighted by molar-refractivity contribution is 5.85. The van der Waals surface area contributed by atoms with E-state index in [1.54, 1.807) is 0 Å². The molecule has 0 radical (unpaired) electrons. The van der Waals surface area contributed by atoms with Crippen LogP contribution in [0.5, 0.6) is 0 Å². The molecule has 68 valence electrons. The Labute approximate surface area is 73.4 Å². The summed E-state index contributed by atoms with van der Waals surface area (Å²) in [6.07, 6.45) is 3.02. The quantitative estimate of drug-likeness (QED) is 0.674. The molecule has 0 aliphatic heterocycles. The molecule has 0 saturated carbocycles. The second-order valence-electron chi connectivity index (χ2n) is 2.50. The zero-order valence-corrected chi connectivity index (χ0v) is 7.56. The molecule has 0 aromatic carbocycles. The van der Waals surface area contributed by atoms with Gasteiger partial charge in [-0.2, -0.15) is 0 Å². The summed E-state index contributed by atoms with van der Waals surface area (Å²) in [5.41, 5.74) is 5.48. The Morgan fingerprint density at radius 2 is 2.18 bits per heavy atom. The molecule has 0 aliphatic carbocycles. The van der Waals surface area contributed by atoms with E-state index in [4.69, 9.17) is 10.8 Å². The third-order valence-electron chi connectivity index (χ3n) is 1.37. The smallest absolute Gasteiger partial charge is 0.304 e. The maximum atomic E-state index is 10.1. The number of aliphatic carboxylic acids is 1. The molecule has 0 fully saturated rings. The molecule has 0 unspecified atom stereocenters. The van der Waals surface area contributed by atoms with E-state index in [1.807, 2.05) is 0 Å². The number of rotatable bonds is 5. The summed E-state index contributed by atoms with van der Waals surface area (Å²) in [7, 11) is 0. The van der Waals surface area contributed by atoms with E-state index in [9.17, 15) is 4.79 Å². The summed E-state index contributed by atoms with van der Waals surface area (Å²) in [5, 5.41) is 8.30. The number of hydrogen-bond donors (Lipinski definition) is 2. The Kier molecular flexibility index (Phi) is 9.47. The average Bonchev–Trinajstić information content (AvgIpc) is 1.82. The van der Waals surface area contributed by atoms with Crippen LogP contribution in [0, 0.1) is 0 Å². The van der Waals surface area contributed by atoms with Gasteiger partial charge in [0.25, 0.3) is 0 Å². The number of unbranched alkanes of at least 4 members (excludes halogenated alkanes) is 1. The van der Waals surface area contributed by atoms with Gasteiger partial charge in [0.1, 0.15) is 0 Å². The van der Waals surface area contributed by atoms with Gasteiger partial charge in [-0.05, 0) is 6.42 Å². The van der Waals surface area contributed by atoms with Crippen molar-refractivity contribution < 1.29 is 9.90 Å². The molecule has 0 amide bonds.